The molecule has 0 aromatic rings. The second-order valence-corrected chi connectivity index (χ2v) is 3.19. The van der Waals surface area contributed by atoms with Crippen LogP contribution in [0.5, 0.6) is 0 Å². The van der Waals surface area contributed by atoms with Gasteiger partial charge in [-0.1, -0.05) is 20.3 Å². The van der Waals surface area contributed by atoms with E-state index in [1.165, 1.54) is 6.08 Å². The lowest BCUT2D eigenvalue weighted by Crippen LogP contribution is -2.08. The molecular formula is C10H19NO2. The Bertz CT molecular complexity index is 187. The molecule has 0 spiro atoms. The number of allylic oxidation sites excluding steroid dienone is 1. The average Bonchev–Trinajstić information content (AvgIpc) is 2.04. The third-order valence-electron chi connectivity index (χ3n) is 1.87. The Morgan fingerprint density at radius 1 is 1.54 bits per heavy atom. The number of rotatable bonds is 5. The molecule has 0 aliphatic rings. The molecule has 0 radical (unpaired) electrons. The van der Waals surface area contributed by atoms with Crippen LogP contribution in [0.4, 0.5) is 0 Å². The molecule has 0 heterocycles. The molecule has 3 heteroatoms. The van der Waals surface area contributed by atoms with Gasteiger partial charge in [-0.25, -0.2) is 4.79 Å². The zero-order chi connectivity index (χ0) is 10.3. The van der Waals surface area contributed by atoms with Gasteiger partial charge in [-0.3, -0.25) is 0 Å². The van der Waals surface area contributed by atoms with Gasteiger partial charge in [0, 0.05) is 11.8 Å². The minimum atomic E-state index is -0.344. The topological polar surface area (TPSA) is 52.3 Å². The number of hydrogen-bond donors (Lipinski definition) is 1. The van der Waals surface area contributed by atoms with E-state index in [0.717, 1.165) is 12.8 Å². The fraction of sp³-hybridized carbons (Fsp3) is 0.700. The predicted octanol–water partition coefficient (Wildman–Crippen LogP) is 1.83. The van der Waals surface area contributed by atoms with Crippen LogP contribution < -0.4 is 5.73 Å². The van der Waals surface area contributed by atoms with Crippen molar-refractivity contribution in [1.29, 1.82) is 0 Å². The van der Waals surface area contributed by atoms with Crippen molar-refractivity contribution in [3.05, 3.63) is 11.8 Å². The molecular weight excluding hydrogens is 166 g/mol. The van der Waals surface area contributed by atoms with Crippen LogP contribution in [0.15, 0.2) is 11.8 Å². The summed E-state index contributed by atoms with van der Waals surface area (Å²) in [6, 6.07) is 0. The summed E-state index contributed by atoms with van der Waals surface area (Å²) >= 11 is 0. The summed E-state index contributed by atoms with van der Waals surface area (Å²) in [7, 11) is 0. The predicted molar refractivity (Wildman–Crippen MR) is 53.0 cm³/mol. The Labute approximate surface area is 79.9 Å². The van der Waals surface area contributed by atoms with E-state index in [4.69, 9.17) is 10.5 Å². The first-order valence-corrected chi connectivity index (χ1v) is 4.72. The molecule has 2 N–H and O–H groups in total. The van der Waals surface area contributed by atoms with Crippen LogP contribution in [-0.2, 0) is 9.53 Å². The minimum Gasteiger partial charge on any atom is -0.463 e. The molecule has 13 heavy (non-hydrogen) atoms. The maximum absolute atomic E-state index is 10.9. The SMILES string of the molecule is CCOC(=O)C=C(N)C[C@H](C)CC. The minimum absolute atomic E-state index is 0.344. The van der Waals surface area contributed by atoms with Gasteiger partial charge in [-0.2, -0.15) is 0 Å². The van der Waals surface area contributed by atoms with Crippen LogP contribution in [0.25, 0.3) is 0 Å². The molecule has 0 rings (SSSR count). The van der Waals surface area contributed by atoms with Gasteiger partial charge < -0.3 is 10.5 Å². The molecule has 0 aliphatic carbocycles. The highest BCUT2D eigenvalue weighted by atomic mass is 16.5. The lowest BCUT2D eigenvalue weighted by atomic mass is 10.0. The van der Waals surface area contributed by atoms with Crippen LogP contribution in [0, 0.1) is 5.92 Å². The Hall–Kier alpha value is -0.990. The maximum atomic E-state index is 10.9. The van der Waals surface area contributed by atoms with Gasteiger partial charge in [0.05, 0.1) is 6.61 Å². The molecule has 0 amide bonds. The second-order valence-electron chi connectivity index (χ2n) is 3.19. The van der Waals surface area contributed by atoms with Crippen LogP contribution in [0.2, 0.25) is 0 Å². The van der Waals surface area contributed by atoms with E-state index in [2.05, 4.69) is 13.8 Å². The highest BCUT2D eigenvalue weighted by Crippen LogP contribution is 2.10. The summed E-state index contributed by atoms with van der Waals surface area (Å²) in [4.78, 5) is 10.9. The fourth-order valence-electron chi connectivity index (χ4n) is 0.941. The number of ether oxygens (including phenoxy) is 1. The Kier molecular flexibility index (Phi) is 6.02. The molecule has 0 aromatic carbocycles. The van der Waals surface area contributed by atoms with E-state index in [0.29, 0.717) is 18.2 Å². The molecule has 0 unspecified atom stereocenters. The van der Waals surface area contributed by atoms with Crippen molar-refractivity contribution >= 4 is 5.97 Å². The number of esters is 1. The quantitative estimate of drug-likeness (QED) is 0.525. The maximum Gasteiger partial charge on any atom is 0.332 e. The van der Waals surface area contributed by atoms with E-state index >= 15 is 0 Å². The van der Waals surface area contributed by atoms with E-state index in [1.54, 1.807) is 6.92 Å². The largest absolute Gasteiger partial charge is 0.463 e. The van der Waals surface area contributed by atoms with Crippen molar-refractivity contribution < 1.29 is 9.53 Å². The first-order chi connectivity index (χ1) is 6.10. The van der Waals surface area contributed by atoms with Gasteiger partial charge >= 0.3 is 5.97 Å². The molecule has 1 atom stereocenters. The lowest BCUT2D eigenvalue weighted by molar-refractivity contribution is -0.137. The molecule has 3 nitrogen and oxygen atoms in total. The van der Waals surface area contributed by atoms with Gasteiger partial charge in [-0.05, 0) is 19.3 Å². The monoisotopic (exact) mass is 185 g/mol. The van der Waals surface area contributed by atoms with Gasteiger partial charge in [-0.15, -0.1) is 0 Å². The zero-order valence-electron chi connectivity index (χ0n) is 8.67. The highest BCUT2D eigenvalue weighted by molar-refractivity contribution is 5.82. The number of carbonyl (C=O) groups excluding carboxylic acids is 1. The molecule has 0 saturated heterocycles. The van der Waals surface area contributed by atoms with Gasteiger partial charge in [0.15, 0.2) is 0 Å². The highest BCUT2D eigenvalue weighted by Gasteiger charge is 2.03. The fourth-order valence-corrected chi connectivity index (χ4v) is 0.941. The first-order valence-electron chi connectivity index (χ1n) is 4.72. The first kappa shape index (κ1) is 12.0. The van der Waals surface area contributed by atoms with Gasteiger partial charge in [0.1, 0.15) is 0 Å². The number of nitrogens with two attached hydrogens (primary N) is 1. The summed E-state index contributed by atoms with van der Waals surface area (Å²) < 4.78 is 4.73. The van der Waals surface area contributed by atoms with Crippen LogP contribution in [-0.4, -0.2) is 12.6 Å². The third kappa shape index (κ3) is 6.20. The number of hydrogen-bond acceptors (Lipinski definition) is 3. The van der Waals surface area contributed by atoms with Gasteiger partial charge in [0.2, 0.25) is 0 Å². The van der Waals surface area contributed by atoms with Crippen molar-refractivity contribution in [2.45, 2.75) is 33.6 Å². The van der Waals surface area contributed by atoms with Crippen molar-refractivity contribution in [3.8, 4) is 0 Å². The summed E-state index contributed by atoms with van der Waals surface area (Å²) in [5.74, 6) is 0.175. The van der Waals surface area contributed by atoms with Crippen molar-refractivity contribution in [3.63, 3.8) is 0 Å². The van der Waals surface area contributed by atoms with Crippen LogP contribution >= 0.6 is 0 Å². The summed E-state index contributed by atoms with van der Waals surface area (Å²) in [6.07, 6.45) is 3.20. The molecule has 76 valence electrons. The molecule has 0 aromatic heterocycles. The van der Waals surface area contributed by atoms with Crippen molar-refractivity contribution in [1.82, 2.24) is 0 Å². The zero-order valence-corrected chi connectivity index (χ0v) is 8.67. The lowest BCUT2D eigenvalue weighted by Gasteiger charge is -2.07. The van der Waals surface area contributed by atoms with E-state index in [1.807, 2.05) is 0 Å². The normalized spacial score (nSPS) is 13.9. The Morgan fingerprint density at radius 3 is 2.62 bits per heavy atom. The summed E-state index contributed by atoms with van der Waals surface area (Å²) in [5.41, 5.74) is 6.25. The summed E-state index contributed by atoms with van der Waals surface area (Å²) in [6.45, 7) is 6.37. The van der Waals surface area contributed by atoms with E-state index < -0.39 is 0 Å². The van der Waals surface area contributed by atoms with E-state index in [-0.39, 0.29) is 5.97 Å². The summed E-state index contributed by atoms with van der Waals surface area (Å²) in [5, 5.41) is 0. The van der Waals surface area contributed by atoms with E-state index in [9.17, 15) is 4.79 Å². The van der Waals surface area contributed by atoms with Crippen molar-refractivity contribution in [2.75, 3.05) is 6.61 Å². The van der Waals surface area contributed by atoms with Gasteiger partial charge in [0.25, 0.3) is 0 Å². The number of carbonyl (C=O) groups is 1. The average molecular weight is 185 g/mol. The molecule has 0 saturated carbocycles. The second kappa shape index (κ2) is 6.52. The Balaban J connectivity index is 3.93. The van der Waals surface area contributed by atoms with Crippen molar-refractivity contribution in [2.24, 2.45) is 11.7 Å². The smallest absolute Gasteiger partial charge is 0.332 e. The van der Waals surface area contributed by atoms with Crippen LogP contribution in [0.3, 0.4) is 0 Å². The van der Waals surface area contributed by atoms with Crippen LogP contribution in [0.1, 0.15) is 33.6 Å². The molecule has 0 fully saturated rings. The standard InChI is InChI=1S/C10H19NO2/c1-4-8(3)6-9(11)7-10(12)13-5-2/h7-8H,4-6,11H2,1-3H3/t8-/m1/s1. The Morgan fingerprint density at radius 2 is 2.15 bits per heavy atom. The molecule has 0 bridgehead atoms. The molecule has 0 aliphatic heterocycles. The third-order valence-corrected chi connectivity index (χ3v) is 1.87.